The molecule has 0 saturated carbocycles. The minimum absolute atomic E-state index is 0.286. The van der Waals surface area contributed by atoms with E-state index < -0.39 is 272 Å². The summed E-state index contributed by atoms with van der Waals surface area (Å²) in [5, 5.41) is 153. The molecule has 6 fully saturated rings. The van der Waals surface area contributed by atoms with E-state index in [0.29, 0.717) is 0 Å². The van der Waals surface area contributed by atoms with E-state index in [-0.39, 0.29) is 3.79 Å². The maximum absolute atomic E-state index is 12.9. The Hall–Kier alpha value is -2.85. The molecule has 6 saturated heterocycles. The van der Waals surface area contributed by atoms with Gasteiger partial charge in [-0.25, -0.2) is 4.18 Å². The smallest absolute Gasteiger partial charge is 0.388 e. The average Bonchev–Trinajstić information content (AvgIpc) is 1.02. The van der Waals surface area contributed by atoms with Gasteiger partial charge in [0.1, 0.15) is 67.0 Å². The number of carbonyl (C=O) groups excluding carboxylic acids is 5. The van der Waals surface area contributed by atoms with E-state index in [9.17, 15) is 103 Å². The number of rotatable bonds is 24. The molecule has 504 valence electrons. The van der Waals surface area contributed by atoms with Crippen LogP contribution in [0.15, 0.2) is 0 Å². The van der Waals surface area contributed by atoms with Crippen molar-refractivity contribution in [1.29, 1.82) is 0 Å². The molecule has 87 heavy (non-hydrogen) atoms. The van der Waals surface area contributed by atoms with E-state index in [0.717, 1.165) is 27.7 Å². The van der Waals surface area contributed by atoms with Crippen LogP contribution in [0.4, 0.5) is 0 Å². The Morgan fingerprint density at radius 3 is 1.25 bits per heavy atom. The zero-order valence-corrected chi connectivity index (χ0v) is 50.6. The second-order valence-corrected chi connectivity index (χ2v) is 25.9. The third-order valence-corrected chi connectivity index (χ3v) is 17.4. The predicted molar refractivity (Wildman–Crippen MR) is 271 cm³/mol. The van der Waals surface area contributed by atoms with Crippen molar-refractivity contribution in [3.63, 3.8) is 0 Å². The second kappa shape index (κ2) is 31.7. The molecule has 6 rings (SSSR count). The minimum atomic E-state index is -5.41. The van der Waals surface area contributed by atoms with Crippen LogP contribution in [-0.4, -0.2) is 334 Å². The molecule has 0 radical (unpaired) electrons. The van der Waals surface area contributed by atoms with Crippen molar-refractivity contribution < 1.29 is 181 Å². The summed E-state index contributed by atoms with van der Waals surface area (Å²) in [5.74, 6) is -3.49. The van der Waals surface area contributed by atoms with Crippen molar-refractivity contribution in [3.05, 3.63) is 0 Å². The molecule has 0 aromatic heterocycles. The molecule has 0 bridgehead atoms. The van der Waals surface area contributed by atoms with E-state index in [1.165, 1.54) is 24.0 Å². The van der Waals surface area contributed by atoms with Gasteiger partial charge in [0.2, 0.25) is 17.7 Å². The number of nitrogens with one attached hydrogen (secondary N) is 4. The van der Waals surface area contributed by atoms with Crippen molar-refractivity contribution in [2.24, 2.45) is 0 Å². The molecule has 0 aromatic carbocycles. The molecular weight excluding hydrogens is 1320 g/mol. The van der Waals surface area contributed by atoms with Gasteiger partial charge in [-0.3, -0.25) is 18.9 Å². The van der Waals surface area contributed by atoms with Crippen LogP contribution in [0.2, 0.25) is 0 Å². The summed E-state index contributed by atoms with van der Waals surface area (Å²) in [6.45, 7) is 1.48. The van der Waals surface area contributed by atoms with Gasteiger partial charge < -0.3 is 80.1 Å². The number of likely N-dealkylation sites (N-methyl/N-ethyl adjacent to an activating group) is 1. The van der Waals surface area contributed by atoms with E-state index in [1.54, 1.807) is 0 Å². The summed E-state index contributed by atoms with van der Waals surface area (Å²) in [5.41, 5.74) is 0. The van der Waals surface area contributed by atoms with Crippen molar-refractivity contribution in [1.82, 2.24) is 24.4 Å². The third-order valence-electron chi connectivity index (χ3n) is 14.8. The molecule has 0 aromatic rings. The van der Waals surface area contributed by atoms with Crippen molar-refractivity contribution >= 4 is 37.8 Å². The summed E-state index contributed by atoms with van der Waals surface area (Å²) in [4.78, 5) is 63.0. The third kappa shape index (κ3) is 18.1. The van der Waals surface area contributed by atoms with Gasteiger partial charge in [0.05, 0.1) is 19.3 Å². The summed E-state index contributed by atoms with van der Waals surface area (Å²) < 4.78 is 105. The average molecular weight is 1400 g/mol. The Labute approximate surface area is 507 Å². The van der Waals surface area contributed by atoms with Crippen LogP contribution in [0, 0.1) is 0 Å². The molecule has 38 nitrogen and oxygen atoms in total. The number of ether oxygens (including phenoxy) is 11. The molecule has 30 unspecified atom stereocenters. The summed E-state index contributed by atoms with van der Waals surface area (Å²) in [6, 6.07) is -8.62. The fourth-order valence-corrected chi connectivity index (χ4v) is 13.0. The molecule has 30 atom stereocenters. The van der Waals surface area contributed by atoms with Gasteiger partial charge in [0.25, 0.3) is 0 Å². The SMILES string of the molecule is CC(=O)NC1C(O)OC(COC2OC(C)C(O)C(O)C2O)C(OC2OC(COS(=O)(=O)O)C(OC3OC(CO)C(OC4OC(CO)C(OC5OC(CO)C(O)C(O)C5N(C)[I-]C(C)=O)C(O)C4NC(C)=O)C(O)C3NC(C)=O)C(O)C2NC(C)=O)C1O. The van der Waals surface area contributed by atoms with Crippen LogP contribution in [0.25, 0.3) is 0 Å². The van der Waals surface area contributed by atoms with Crippen LogP contribution >= 0.6 is 0 Å². The first kappa shape index (κ1) is 73.2. The maximum atomic E-state index is 12.9. The predicted octanol–water partition coefficient (Wildman–Crippen LogP) is -15.2. The Balaban J connectivity index is 1.29. The Morgan fingerprint density at radius 1 is 0.460 bits per heavy atom. The molecule has 6 aliphatic heterocycles. The van der Waals surface area contributed by atoms with Gasteiger partial charge in [-0.1, -0.05) is 0 Å². The standard InChI is InChI=1S/C47H79IN5O33S/c1-13-29(62)36(69)37(70)47(77-13)75-11-22-40(31(64)24(42(71)78-22)49-15(3)58)84-45-27(52-18(6)61)34(67)41(23(82-45)12-76-87(72,73)74)85-44-25(50-16(4)59)32(65)38(20(9-55)80-44)83-43-26(51-17(5)60)33(66)39(21(10-56)81-43)86-46-28(53(7)48-14(2)57)35(68)30(63)19(8-54)79-46/h13,19-47,54-56,62-71H,8-12H2,1-7H3,(H,49,58)(H,50,59)(H,51,60)(H,52,61)(H,72,73,74)/q-1. The van der Waals surface area contributed by atoms with Crippen LogP contribution in [0.1, 0.15) is 41.5 Å². The first-order valence-corrected chi connectivity index (χ1v) is 30.5. The van der Waals surface area contributed by atoms with Gasteiger partial charge in [-0.2, -0.15) is 8.42 Å². The van der Waals surface area contributed by atoms with Gasteiger partial charge >= 0.3 is 240 Å². The Kier molecular flexibility index (Phi) is 26.6. The van der Waals surface area contributed by atoms with Crippen LogP contribution in [0.5, 0.6) is 0 Å². The molecule has 4 amide bonds. The second-order valence-electron chi connectivity index (χ2n) is 21.3. The quantitative estimate of drug-likeness (QED) is 0.0185. The van der Waals surface area contributed by atoms with Gasteiger partial charge in [0.15, 0.2) is 25.2 Å². The molecule has 6 heterocycles. The number of halogens is 1. The number of aliphatic hydroxyl groups is 13. The van der Waals surface area contributed by atoms with Crippen molar-refractivity contribution in [2.75, 3.05) is 40.1 Å². The van der Waals surface area contributed by atoms with Crippen molar-refractivity contribution in [2.45, 2.75) is 225 Å². The summed E-state index contributed by atoms with van der Waals surface area (Å²) in [6.07, 6.45) is -46.2. The zero-order valence-electron chi connectivity index (χ0n) is 47.6. The molecular formula is C47H79IN5O33S-. The van der Waals surface area contributed by atoms with Gasteiger partial charge in [-0.05, 0) is 6.92 Å². The fraction of sp³-hybridized carbons (Fsp3) is 0.894. The number of hydrogen-bond donors (Lipinski definition) is 18. The Morgan fingerprint density at radius 2 is 0.839 bits per heavy atom. The minimum Gasteiger partial charge on any atom is -0.388 e. The number of carbonyl (C=O) groups is 5. The monoisotopic (exact) mass is 1400 g/mol. The number of amides is 4. The summed E-state index contributed by atoms with van der Waals surface area (Å²) >= 11 is -1.51. The van der Waals surface area contributed by atoms with Gasteiger partial charge in [0, 0.05) is 20.8 Å². The molecule has 6 aliphatic rings. The van der Waals surface area contributed by atoms with Crippen LogP contribution in [-0.2, 0) is 90.7 Å². The van der Waals surface area contributed by atoms with Crippen LogP contribution in [0.3, 0.4) is 0 Å². The summed E-state index contributed by atoms with van der Waals surface area (Å²) in [7, 11) is -3.99. The molecule has 0 aliphatic carbocycles. The van der Waals surface area contributed by atoms with E-state index in [1.807, 2.05) is 0 Å². The number of hydrogen-bond acceptors (Lipinski definition) is 33. The first-order valence-electron chi connectivity index (χ1n) is 27.1. The molecule has 0 spiro atoms. The number of nitrogens with zero attached hydrogens (tertiary/aromatic N) is 1. The fourth-order valence-electron chi connectivity index (χ4n) is 10.7. The molecule has 18 N–H and O–H groups in total. The number of aliphatic hydroxyl groups excluding tert-OH is 13. The van der Waals surface area contributed by atoms with Crippen molar-refractivity contribution in [3.8, 4) is 0 Å². The van der Waals surface area contributed by atoms with Gasteiger partial charge in [-0.15, -0.1) is 0 Å². The van der Waals surface area contributed by atoms with E-state index >= 15 is 0 Å². The zero-order chi connectivity index (χ0) is 64.8. The molecule has 40 heteroatoms. The first-order chi connectivity index (χ1) is 40.7. The topological polar surface area (TPSA) is 565 Å². The van der Waals surface area contributed by atoms with E-state index in [4.69, 9.17) is 52.1 Å². The van der Waals surface area contributed by atoms with E-state index in [2.05, 4.69) is 25.5 Å². The Bertz CT molecular complexity index is 2420. The van der Waals surface area contributed by atoms with Crippen LogP contribution < -0.4 is 42.7 Å². The normalized spacial score (nSPS) is 43.7.